The van der Waals surface area contributed by atoms with Crippen molar-refractivity contribution in [2.24, 2.45) is 4.99 Å². The van der Waals surface area contributed by atoms with Crippen molar-refractivity contribution < 1.29 is 4.39 Å². The van der Waals surface area contributed by atoms with Gasteiger partial charge in [0.15, 0.2) is 5.96 Å². The summed E-state index contributed by atoms with van der Waals surface area (Å²) in [6.45, 7) is 5.71. The number of rotatable bonds is 7. The summed E-state index contributed by atoms with van der Waals surface area (Å²) >= 11 is 0. The van der Waals surface area contributed by atoms with E-state index in [2.05, 4.69) is 25.6 Å². The molecule has 0 radical (unpaired) electrons. The number of guanidine groups is 1. The molecule has 0 fully saturated rings. The first kappa shape index (κ1) is 22.8. The fraction of sp³-hybridized carbons (Fsp3) is 0.286. The SMILES string of the molecule is CCNC(=NCc1ccc(-n2ccnc2C)c(F)c1)NCCc1ccccn1.I. The van der Waals surface area contributed by atoms with E-state index in [1.54, 1.807) is 29.2 Å². The van der Waals surface area contributed by atoms with Crippen LogP contribution in [0.4, 0.5) is 4.39 Å². The Balaban J connectivity index is 0.00000300. The second-order valence-electron chi connectivity index (χ2n) is 6.32. The lowest BCUT2D eigenvalue weighted by atomic mass is 10.2. The van der Waals surface area contributed by atoms with Gasteiger partial charge in [0.1, 0.15) is 11.6 Å². The number of hydrogen-bond donors (Lipinski definition) is 2. The predicted octanol–water partition coefficient (Wildman–Crippen LogP) is 3.63. The fourth-order valence-corrected chi connectivity index (χ4v) is 2.84. The Hall–Kier alpha value is -2.49. The van der Waals surface area contributed by atoms with E-state index in [1.165, 1.54) is 6.07 Å². The van der Waals surface area contributed by atoms with Gasteiger partial charge in [-0.1, -0.05) is 12.1 Å². The van der Waals surface area contributed by atoms with Crippen molar-refractivity contribution in [1.82, 2.24) is 25.2 Å². The van der Waals surface area contributed by atoms with Gasteiger partial charge in [0.2, 0.25) is 0 Å². The Morgan fingerprint density at radius 1 is 1.14 bits per heavy atom. The van der Waals surface area contributed by atoms with Crippen molar-refractivity contribution in [3.63, 3.8) is 0 Å². The molecule has 0 amide bonds. The molecule has 0 bridgehead atoms. The van der Waals surface area contributed by atoms with Gasteiger partial charge in [0.25, 0.3) is 0 Å². The number of aliphatic imine (C=N–C) groups is 1. The molecule has 0 aliphatic carbocycles. The summed E-state index contributed by atoms with van der Waals surface area (Å²) < 4.78 is 16.2. The highest BCUT2D eigenvalue weighted by Crippen LogP contribution is 2.17. The molecule has 2 N–H and O–H groups in total. The van der Waals surface area contributed by atoms with Crippen molar-refractivity contribution >= 4 is 29.9 Å². The highest BCUT2D eigenvalue weighted by atomic mass is 127. The maximum absolute atomic E-state index is 14.5. The number of nitrogens with zero attached hydrogens (tertiary/aromatic N) is 4. The fourth-order valence-electron chi connectivity index (χ4n) is 2.84. The zero-order valence-corrected chi connectivity index (χ0v) is 18.9. The van der Waals surface area contributed by atoms with Gasteiger partial charge in [-0.25, -0.2) is 14.4 Å². The summed E-state index contributed by atoms with van der Waals surface area (Å²) in [4.78, 5) is 13.0. The molecule has 0 saturated heterocycles. The second-order valence-corrected chi connectivity index (χ2v) is 6.32. The third-order valence-corrected chi connectivity index (χ3v) is 4.26. The molecule has 0 unspecified atom stereocenters. The van der Waals surface area contributed by atoms with E-state index < -0.39 is 0 Å². The summed E-state index contributed by atoms with van der Waals surface area (Å²) in [6.07, 6.45) is 6.00. The molecular formula is C21H26FIN6. The predicted molar refractivity (Wildman–Crippen MR) is 124 cm³/mol. The molecule has 0 aliphatic heterocycles. The first-order valence-electron chi connectivity index (χ1n) is 9.38. The van der Waals surface area contributed by atoms with Crippen LogP contribution in [0.2, 0.25) is 0 Å². The van der Waals surface area contributed by atoms with Crippen molar-refractivity contribution in [1.29, 1.82) is 0 Å². The van der Waals surface area contributed by atoms with Crippen LogP contribution in [-0.2, 0) is 13.0 Å². The number of aryl methyl sites for hydroxylation is 1. The molecule has 0 saturated carbocycles. The van der Waals surface area contributed by atoms with Crippen molar-refractivity contribution in [2.75, 3.05) is 13.1 Å². The second kappa shape index (κ2) is 11.5. The van der Waals surface area contributed by atoms with E-state index in [1.807, 2.05) is 38.1 Å². The quantitative estimate of drug-likeness (QED) is 0.291. The summed E-state index contributed by atoms with van der Waals surface area (Å²) in [5, 5.41) is 6.50. The molecule has 0 spiro atoms. The first-order valence-corrected chi connectivity index (χ1v) is 9.38. The Morgan fingerprint density at radius 3 is 2.66 bits per heavy atom. The molecule has 3 aromatic rings. The zero-order chi connectivity index (χ0) is 19.8. The lowest BCUT2D eigenvalue weighted by molar-refractivity contribution is 0.614. The normalized spacial score (nSPS) is 11.1. The van der Waals surface area contributed by atoms with Crippen LogP contribution >= 0.6 is 24.0 Å². The lowest BCUT2D eigenvalue weighted by Gasteiger charge is -2.12. The van der Waals surface area contributed by atoms with Crippen LogP contribution in [0.1, 0.15) is 24.0 Å². The molecule has 3 rings (SSSR count). The molecule has 2 aromatic heterocycles. The minimum atomic E-state index is -0.290. The van der Waals surface area contributed by atoms with Crippen LogP contribution in [-0.4, -0.2) is 33.6 Å². The van der Waals surface area contributed by atoms with E-state index in [9.17, 15) is 4.39 Å². The standard InChI is InChI=1S/C21H25FN6.HI/c1-3-23-21(26-11-9-18-6-4-5-10-25-18)27-15-17-7-8-20(19(22)14-17)28-13-12-24-16(28)2;/h4-8,10,12-14H,3,9,11,15H2,1-2H3,(H2,23,26,27);1H. The van der Waals surface area contributed by atoms with Crippen LogP contribution in [0.25, 0.3) is 5.69 Å². The molecule has 8 heteroatoms. The lowest BCUT2D eigenvalue weighted by Crippen LogP contribution is -2.38. The minimum Gasteiger partial charge on any atom is -0.357 e. The van der Waals surface area contributed by atoms with Crippen LogP contribution in [0.15, 0.2) is 60.0 Å². The largest absolute Gasteiger partial charge is 0.357 e. The summed E-state index contributed by atoms with van der Waals surface area (Å²) in [6, 6.07) is 11.1. The molecule has 2 heterocycles. The third kappa shape index (κ3) is 6.52. The number of benzene rings is 1. The number of hydrogen-bond acceptors (Lipinski definition) is 3. The Bertz CT molecular complexity index is 926. The summed E-state index contributed by atoms with van der Waals surface area (Å²) in [5.41, 5.74) is 2.32. The van der Waals surface area contributed by atoms with Gasteiger partial charge in [-0.3, -0.25) is 4.98 Å². The molecule has 0 aliphatic rings. The highest BCUT2D eigenvalue weighted by Gasteiger charge is 2.08. The van der Waals surface area contributed by atoms with Crippen molar-refractivity contribution in [2.45, 2.75) is 26.8 Å². The van der Waals surface area contributed by atoms with Crippen LogP contribution in [0.3, 0.4) is 0 Å². The van der Waals surface area contributed by atoms with E-state index in [0.717, 1.165) is 36.6 Å². The van der Waals surface area contributed by atoms with Gasteiger partial charge in [-0.15, -0.1) is 24.0 Å². The monoisotopic (exact) mass is 508 g/mol. The van der Waals surface area contributed by atoms with E-state index >= 15 is 0 Å². The number of imidazole rings is 1. The topological polar surface area (TPSA) is 67.1 Å². The minimum absolute atomic E-state index is 0. The Labute approximate surface area is 187 Å². The first-order chi connectivity index (χ1) is 13.7. The average molecular weight is 508 g/mol. The summed E-state index contributed by atoms with van der Waals surface area (Å²) in [5.74, 6) is 1.16. The number of aromatic nitrogens is 3. The molecule has 6 nitrogen and oxygen atoms in total. The molecule has 1 aromatic carbocycles. The van der Waals surface area contributed by atoms with Crippen molar-refractivity contribution in [3.05, 3.63) is 77.9 Å². The smallest absolute Gasteiger partial charge is 0.191 e. The summed E-state index contributed by atoms with van der Waals surface area (Å²) in [7, 11) is 0. The van der Waals surface area contributed by atoms with E-state index in [-0.39, 0.29) is 29.8 Å². The highest BCUT2D eigenvalue weighted by molar-refractivity contribution is 14.0. The number of nitrogens with one attached hydrogen (secondary N) is 2. The average Bonchev–Trinajstić information content (AvgIpc) is 3.12. The maximum atomic E-state index is 14.5. The Morgan fingerprint density at radius 2 is 2.00 bits per heavy atom. The van der Waals surface area contributed by atoms with Gasteiger partial charge in [0, 0.05) is 43.8 Å². The van der Waals surface area contributed by atoms with Gasteiger partial charge < -0.3 is 15.2 Å². The van der Waals surface area contributed by atoms with Crippen LogP contribution in [0.5, 0.6) is 0 Å². The van der Waals surface area contributed by atoms with E-state index in [4.69, 9.17) is 0 Å². The number of halogens is 2. The molecule has 154 valence electrons. The Kier molecular flexibility index (Phi) is 9.04. The molecular weight excluding hydrogens is 482 g/mol. The zero-order valence-electron chi connectivity index (χ0n) is 16.6. The molecule has 29 heavy (non-hydrogen) atoms. The van der Waals surface area contributed by atoms with Gasteiger partial charge in [-0.05, 0) is 43.7 Å². The van der Waals surface area contributed by atoms with Crippen LogP contribution < -0.4 is 10.6 Å². The number of pyridine rings is 1. The van der Waals surface area contributed by atoms with Gasteiger partial charge >= 0.3 is 0 Å². The van der Waals surface area contributed by atoms with Crippen LogP contribution in [0, 0.1) is 12.7 Å². The van der Waals surface area contributed by atoms with E-state index in [0.29, 0.717) is 18.2 Å². The van der Waals surface area contributed by atoms with Crippen molar-refractivity contribution in [3.8, 4) is 5.69 Å². The van der Waals surface area contributed by atoms with Gasteiger partial charge in [-0.2, -0.15) is 0 Å². The van der Waals surface area contributed by atoms with Gasteiger partial charge in [0.05, 0.1) is 12.2 Å². The molecule has 0 atom stereocenters. The maximum Gasteiger partial charge on any atom is 0.191 e. The third-order valence-electron chi connectivity index (χ3n) is 4.26.